The Kier molecular flexibility index (Phi) is 3.01. The molecule has 0 aromatic carbocycles. The maximum Gasteiger partial charge on any atom is 0.320 e. The van der Waals surface area contributed by atoms with Crippen molar-refractivity contribution in [1.82, 2.24) is 14.9 Å². The van der Waals surface area contributed by atoms with Crippen LogP contribution in [0.1, 0.15) is 12.8 Å². The number of thioether (sulfide) groups is 1. The molecule has 0 aliphatic carbocycles. The molecule has 1 fully saturated rings. The predicted octanol–water partition coefficient (Wildman–Crippen LogP) is -0.282. The van der Waals surface area contributed by atoms with Crippen LogP contribution in [-0.2, 0) is 9.53 Å². The van der Waals surface area contributed by atoms with E-state index in [1.165, 1.54) is 11.0 Å². The molecule has 3 N–H and O–H groups in total. The second-order valence-electron chi connectivity index (χ2n) is 3.53. The molecule has 8 heteroatoms. The summed E-state index contributed by atoms with van der Waals surface area (Å²) in [5.41, 5.74) is 0. The number of carboxylic acid groups (broad SMARTS) is 1. The van der Waals surface area contributed by atoms with Crippen molar-refractivity contribution in [3.8, 4) is 0 Å². The van der Waals surface area contributed by atoms with Gasteiger partial charge in [-0.2, -0.15) is 0 Å². The molecule has 1 aromatic heterocycles. The van der Waals surface area contributed by atoms with Gasteiger partial charge in [-0.25, -0.2) is 4.68 Å². The van der Waals surface area contributed by atoms with Crippen molar-refractivity contribution < 1.29 is 14.6 Å². The average Bonchev–Trinajstić information content (AvgIpc) is 2.65. The highest BCUT2D eigenvalue weighted by atomic mass is 32.2. The largest absolute Gasteiger partial charge is 0.480 e. The Morgan fingerprint density at radius 2 is 2.31 bits per heavy atom. The lowest BCUT2D eigenvalue weighted by molar-refractivity contribution is -0.142. The predicted molar refractivity (Wildman–Crippen MR) is 56.4 cm³/mol. The van der Waals surface area contributed by atoms with Crippen LogP contribution in [0.4, 0.5) is 0 Å². The number of ether oxygens (including phenoxy) is 1. The number of aromatic nitrogens is 3. The van der Waals surface area contributed by atoms with E-state index < -0.39 is 10.7 Å². The van der Waals surface area contributed by atoms with Crippen molar-refractivity contribution in [2.24, 2.45) is 0 Å². The maximum absolute atomic E-state index is 11.3. The molecule has 7 nitrogen and oxygen atoms in total. The Hall–Kier alpha value is -1.28. The van der Waals surface area contributed by atoms with E-state index >= 15 is 0 Å². The van der Waals surface area contributed by atoms with Gasteiger partial charge in [0.15, 0.2) is 0 Å². The Labute approximate surface area is 95.9 Å². The second kappa shape index (κ2) is 4.30. The van der Waals surface area contributed by atoms with E-state index in [0.717, 1.165) is 11.8 Å². The fourth-order valence-corrected chi connectivity index (χ4v) is 2.59. The first-order valence-corrected chi connectivity index (χ1v) is 5.61. The fourth-order valence-electron chi connectivity index (χ4n) is 1.54. The monoisotopic (exact) mass is 244 g/mol. The summed E-state index contributed by atoms with van der Waals surface area (Å²) in [5.74, 6) is 4.71. The molecule has 0 amide bonds. The Morgan fingerprint density at radius 3 is 2.81 bits per heavy atom. The summed E-state index contributed by atoms with van der Waals surface area (Å²) in [7, 11) is 0. The minimum absolute atomic E-state index is 0.407. The van der Waals surface area contributed by atoms with Crippen molar-refractivity contribution in [3.63, 3.8) is 0 Å². The van der Waals surface area contributed by atoms with Crippen molar-refractivity contribution >= 4 is 17.7 Å². The standard InChI is InChI=1S/C8H12N4O3S/c9-12-5-10-11-7(12)16-8(6(13)14)1-3-15-4-2-8/h5H,1-4,9H2,(H,13,14). The summed E-state index contributed by atoms with van der Waals surface area (Å²) in [6.45, 7) is 0.885. The summed E-state index contributed by atoms with van der Waals surface area (Å²) in [4.78, 5) is 11.3. The van der Waals surface area contributed by atoms with Crippen LogP contribution in [0.5, 0.6) is 0 Å². The van der Waals surface area contributed by atoms with Gasteiger partial charge in [0.05, 0.1) is 0 Å². The van der Waals surface area contributed by atoms with Crippen LogP contribution in [0, 0.1) is 0 Å². The molecule has 0 atom stereocenters. The van der Waals surface area contributed by atoms with Crippen LogP contribution in [0.25, 0.3) is 0 Å². The number of hydrogen-bond donors (Lipinski definition) is 2. The molecule has 16 heavy (non-hydrogen) atoms. The molecule has 1 saturated heterocycles. The second-order valence-corrected chi connectivity index (χ2v) is 4.89. The van der Waals surface area contributed by atoms with Crippen LogP contribution >= 0.6 is 11.8 Å². The number of carboxylic acids is 1. The van der Waals surface area contributed by atoms with Crippen LogP contribution < -0.4 is 5.84 Å². The van der Waals surface area contributed by atoms with E-state index in [4.69, 9.17) is 10.6 Å². The fraction of sp³-hybridized carbons (Fsp3) is 0.625. The number of nitrogens with zero attached hydrogens (tertiary/aromatic N) is 3. The van der Waals surface area contributed by atoms with E-state index in [9.17, 15) is 9.90 Å². The third-order valence-electron chi connectivity index (χ3n) is 2.52. The van der Waals surface area contributed by atoms with E-state index in [1.807, 2.05) is 0 Å². The summed E-state index contributed by atoms with van der Waals surface area (Å²) in [6.07, 6.45) is 2.23. The molecule has 1 aromatic rings. The highest BCUT2D eigenvalue weighted by Gasteiger charge is 2.42. The number of hydrogen-bond acceptors (Lipinski definition) is 6. The number of rotatable bonds is 3. The van der Waals surface area contributed by atoms with Crippen molar-refractivity contribution in [2.45, 2.75) is 22.7 Å². The minimum Gasteiger partial charge on any atom is -0.480 e. The van der Waals surface area contributed by atoms with Crippen LogP contribution in [0.15, 0.2) is 11.5 Å². The lowest BCUT2D eigenvalue weighted by Crippen LogP contribution is -2.41. The van der Waals surface area contributed by atoms with Gasteiger partial charge >= 0.3 is 5.97 Å². The first kappa shape index (κ1) is 11.2. The normalized spacial score (nSPS) is 19.5. The molecule has 0 spiro atoms. The van der Waals surface area contributed by atoms with Crippen molar-refractivity contribution in [1.29, 1.82) is 0 Å². The third kappa shape index (κ3) is 1.98. The molecule has 0 unspecified atom stereocenters. The highest BCUT2D eigenvalue weighted by molar-refractivity contribution is 8.01. The Bertz CT molecular complexity index is 388. The van der Waals surface area contributed by atoms with Gasteiger partial charge < -0.3 is 15.7 Å². The lowest BCUT2D eigenvalue weighted by atomic mass is 9.99. The van der Waals surface area contributed by atoms with E-state index in [1.54, 1.807) is 0 Å². The van der Waals surface area contributed by atoms with Gasteiger partial charge in [-0.1, -0.05) is 11.8 Å². The number of carbonyl (C=O) groups is 1. The molecular weight excluding hydrogens is 232 g/mol. The first-order valence-electron chi connectivity index (χ1n) is 4.79. The zero-order chi connectivity index (χ0) is 11.6. The van der Waals surface area contributed by atoms with E-state index in [0.29, 0.717) is 31.2 Å². The van der Waals surface area contributed by atoms with Crippen molar-refractivity contribution in [3.05, 3.63) is 6.33 Å². The van der Waals surface area contributed by atoms with E-state index in [-0.39, 0.29) is 0 Å². The first-order chi connectivity index (χ1) is 7.64. The van der Waals surface area contributed by atoms with Gasteiger partial charge in [0.1, 0.15) is 11.1 Å². The van der Waals surface area contributed by atoms with Crippen LogP contribution in [-0.4, -0.2) is 43.9 Å². The number of aliphatic carboxylic acids is 1. The quantitative estimate of drug-likeness (QED) is 0.704. The summed E-state index contributed by atoms with van der Waals surface area (Å²) in [6, 6.07) is 0. The van der Waals surface area contributed by atoms with Crippen molar-refractivity contribution in [2.75, 3.05) is 19.1 Å². The molecular formula is C8H12N4O3S. The highest BCUT2D eigenvalue weighted by Crippen LogP contribution is 2.39. The van der Waals surface area contributed by atoms with Gasteiger partial charge in [0, 0.05) is 13.2 Å². The molecule has 2 rings (SSSR count). The smallest absolute Gasteiger partial charge is 0.320 e. The zero-order valence-electron chi connectivity index (χ0n) is 8.50. The lowest BCUT2D eigenvalue weighted by Gasteiger charge is -2.31. The van der Waals surface area contributed by atoms with Gasteiger partial charge in [0.25, 0.3) is 0 Å². The molecule has 0 saturated carbocycles. The van der Waals surface area contributed by atoms with Gasteiger partial charge in [-0.05, 0) is 12.8 Å². The summed E-state index contributed by atoms with van der Waals surface area (Å²) in [5, 5.41) is 17.1. The van der Waals surface area contributed by atoms with Crippen LogP contribution in [0.3, 0.4) is 0 Å². The van der Waals surface area contributed by atoms with E-state index in [2.05, 4.69) is 10.2 Å². The molecule has 0 bridgehead atoms. The summed E-state index contributed by atoms with van der Waals surface area (Å²) < 4.78 is 5.50. The molecule has 1 aliphatic heterocycles. The third-order valence-corrected chi connectivity index (χ3v) is 3.97. The minimum atomic E-state index is -0.900. The molecule has 2 heterocycles. The van der Waals surface area contributed by atoms with Gasteiger partial charge in [-0.15, -0.1) is 10.2 Å². The number of nitrogen functional groups attached to an aromatic ring is 1. The molecule has 0 radical (unpaired) electrons. The molecule has 1 aliphatic rings. The van der Waals surface area contributed by atoms with Gasteiger partial charge in [0.2, 0.25) is 5.16 Å². The maximum atomic E-state index is 11.3. The summed E-state index contributed by atoms with van der Waals surface area (Å²) >= 11 is 1.14. The molecule has 88 valence electrons. The Balaban J connectivity index is 2.20. The topological polar surface area (TPSA) is 103 Å². The average molecular weight is 244 g/mol. The van der Waals surface area contributed by atoms with Gasteiger partial charge in [-0.3, -0.25) is 4.79 Å². The SMILES string of the molecule is Nn1cnnc1SC1(C(=O)O)CCOCC1. The zero-order valence-corrected chi connectivity index (χ0v) is 9.31. The number of nitrogens with two attached hydrogens (primary N) is 1. The van der Waals surface area contributed by atoms with Crippen LogP contribution in [0.2, 0.25) is 0 Å². The Morgan fingerprint density at radius 1 is 1.62 bits per heavy atom.